The average Bonchev–Trinajstić information content (AvgIpc) is 3.10. The summed E-state index contributed by atoms with van der Waals surface area (Å²) in [5.74, 6) is 0.874. The van der Waals surface area contributed by atoms with Crippen LogP contribution < -0.4 is 10.1 Å². The largest absolute Gasteiger partial charge is 0.412 e. The van der Waals surface area contributed by atoms with Crippen molar-refractivity contribution < 1.29 is 9.53 Å². The Morgan fingerprint density at radius 3 is 2.61 bits per heavy atom. The van der Waals surface area contributed by atoms with Crippen molar-refractivity contribution in [3.05, 3.63) is 60.9 Å². The summed E-state index contributed by atoms with van der Waals surface area (Å²) in [5, 5.41) is 2.65. The lowest BCUT2D eigenvalue weighted by Gasteiger charge is -2.06. The molecular formula is C16H15N5O2. The fourth-order valence-corrected chi connectivity index (χ4v) is 1.97. The van der Waals surface area contributed by atoms with Gasteiger partial charge in [-0.05, 0) is 0 Å². The first-order chi connectivity index (χ1) is 11.3. The van der Waals surface area contributed by atoms with E-state index < -0.39 is 6.09 Å². The van der Waals surface area contributed by atoms with E-state index >= 15 is 0 Å². The fraction of sp³-hybridized carbons (Fsp3) is 0.125. The van der Waals surface area contributed by atoms with Crippen LogP contribution in [0.2, 0.25) is 0 Å². The van der Waals surface area contributed by atoms with Crippen molar-refractivity contribution in [1.29, 1.82) is 0 Å². The van der Waals surface area contributed by atoms with Crippen LogP contribution in [0.15, 0.2) is 55.2 Å². The van der Waals surface area contributed by atoms with Gasteiger partial charge in [0.25, 0.3) is 0 Å². The molecule has 0 atom stereocenters. The monoisotopic (exact) mass is 309 g/mol. The Balaban J connectivity index is 1.50. The van der Waals surface area contributed by atoms with Gasteiger partial charge in [0, 0.05) is 24.7 Å². The number of hydrogen-bond acceptors (Lipinski definition) is 5. The molecule has 23 heavy (non-hydrogen) atoms. The first kappa shape index (κ1) is 14.7. The van der Waals surface area contributed by atoms with E-state index in [1.165, 1.54) is 12.4 Å². The van der Waals surface area contributed by atoms with Crippen molar-refractivity contribution in [3.63, 3.8) is 0 Å². The molecule has 1 amide bonds. The highest BCUT2D eigenvalue weighted by Gasteiger charge is 2.06. The molecule has 0 radical (unpaired) electrons. The van der Waals surface area contributed by atoms with Gasteiger partial charge in [0.15, 0.2) is 11.6 Å². The van der Waals surface area contributed by atoms with Crippen LogP contribution in [0.5, 0.6) is 5.75 Å². The van der Waals surface area contributed by atoms with E-state index in [1.54, 1.807) is 12.5 Å². The number of amides is 1. The van der Waals surface area contributed by atoms with Gasteiger partial charge in [-0.3, -0.25) is 0 Å². The highest BCUT2D eigenvalue weighted by molar-refractivity contribution is 5.70. The van der Waals surface area contributed by atoms with Crippen molar-refractivity contribution >= 4 is 6.09 Å². The summed E-state index contributed by atoms with van der Waals surface area (Å²) in [5.41, 5.74) is 1.78. The highest BCUT2D eigenvalue weighted by Crippen LogP contribution is 2.15. The number of aromatic amines is 1. The van der Waals surface area contributed by atoms with Gasteiger partial charge in [-0.25, -0.2) is 19.7 Å². The van der Waals surface area contributed by atoms with Gasteiger partial charge < -0.3 is 15.0 Å². The summed E-state index contributed by atoms with van der Waals surface area (Å²) >= 11 is 0. The van der Waals surface area contributed by atoms with E-state index in [9.17, 15) is 4.79 Å². The maximum absolute atomic E-state index is 11.7. The molecule has 0 saturated carbocycles. The molecule has 2 N–H and O–H groups in total. The molecule has 7 heteroatoms. The lowest BCUT2D eigenvalue weighted by molar-refractivity contribution is 0.200. The Kier molecular flexibility index (Phi) is 4.58. The molecule has 0 bridgehead atoms. The number of carbonyl (C=O) groups excluding carboxylic acids is 1. The molecule has 0 saturated heterocycles. The minimum Gasteiger partial charge on any atom is -0.407 e. The number of ether oxygens (including phenoxy) is 1. The predicted octanol–water partition coefficient (Wildman–Crippen LogP) is 2.20. The minimum atomic E-state index is -0.545. The summed E-state index contributed by atoms with van der Waals surface area (Å²) < 4.78 is 5.12. The van der Waals surface area contributed by atoms with E-state index in [2.05, 4.69) is 25.3 Å². The van der Waals surface area contributed by atoms with Crippen LogP contribution in [0, 0.1) is 0 Å². The number of carbonyl (C=O) groups is 1. The summed E-state index contributed by atoms with van der Waals surface area (Å²) in [6.45, 7) is 0.437. The van der Waals surface area contributed by atoms with Gasteiger partial charge >= 0.3 is 6.09 Å². The molecule has 0 spiro atoms. The zero-order valence-corrected chi connectivity index (χ0v) is 12.3. The second-order valence-electron chi connectivity index (χ2n) is 4.74. The number of imidazole rings is 1. The molecule has 2 heterocycles. The topological polar surface area (TPSA) is 92.8 Å². The van der Waals surface area contributed by atoms with E-state index in [0.717, 1.165) is 11.3 Å². The Hall–Kier alpha value is -3.22. The fourth-order valence-electron chi connectivity index (χ4n) is 1.97. The third-order valence-electron chi connectivity index (χ3n) is 3.08. The molecule has 0 aliphatic carbocycles. The lowest BCUT2D eigenvalue weighted by Crippen LogP contribution is -2.28. The van der Waals surface area contributed by atoms with Crippen molar-refractivity contribution in [2.24, 2.45) is 0 Å². The normalized spacial score (nSPS) is 10.3. The Bertz CT molecular complexity index is 742. The number of aromatic nitrogens is 4. The quantitative estimate of drug-likeness (QED) is 0.753. The molecular weight excluding hydrogens is 294 g/mol. The molecule has 0 unspecified atom stereocenters. The molecule has 2 aromatic heterocycles. The number of nitrogens with one attached hydrogen (secondary N) is 2. The van der Waals surface area contributed by atoms with Gasteiger partial charge in [0.1, 0.15) is 0 Å². The van der Waals surface area contributed by atoms with E-state index in [4.69, 9.17) is 4.74 Å². The van der Waals surface area contributed by atoms with E-state index in [0.29, 0.717) is 24.5 Å². The van der Waals surface area contributed by atoms with Crippen LogP contribution in [-0.4, -0.2) is 32.6 Å². The van der Waals surface area contributed by atoms with Crippen LogP contribution >= 0.6 is 0 Å². The number of rotatable bonds is 5. The van der Waals surface area contributed by atoms with Crippen LogP contribution in [-0.2, 0) is 6.42 Å². The number of benzene rings is 1. The molecule has 0 fully saturated rings. The van der Waals surface area contributed by atoms with Crippen molar-refractivity contribution in [2.75, 3.05) is 6.54 Å². The zero-order valence-electron chi connectivity index (χ0n) is 12.3. The third-order valence-corrected chi connectivity index (χ3v) is 3.08. The second-order valence-corrected chi connectivity index (χ2v) is 4.74. The van der Waals surface area contributed by atoms with E-state index in [1.807, 2.05) is 30.3 Å². The molecule has 0 aliphatic rings. The summed E-state index contributed by atoms with van der Waals surface area (Å²) in [4.78, 5) is 27.0. The first-order valence-electron chi connectivity index (χ1n) is 7.12. The Morgan fingerprint density at radius 1 is 1.13 bits per heavy atom. The molecule has 1 aromatic carbocycles. The maximum Gasteiger partial charge on any atom is 0.412 e. The number of nitrogens with zero attached hydrogens (tertiary/aromatic N) is 3. The molecule has 3 aromatic rings. The molecule has 116 valence electrons. The maximum atomic E-state index is 11.7. The van der Waals surface area contributed by atoms with Gasteiger partial charge in [-0.1, -0.05) is 30.3 Å². The first-order valence-corrected chi connectivity index (χ1v) is 7.12. The second kappa shape index (κ2) is 7.17. The predicted molar refractivity (Wildman–Crippen MR) is 83.8 cm³/mol. The van der Waals surface area contributed by atoms with Crippen molar-refractivity contribution in [2.45, 2.75) is 6.42 Å². The van der Waals surface area contributed by atoms with Crippen LogP contribution in [0.4, 0.5) is 4.79 Å². The van der Waals surface area contributed by atoms with Gasteiger partial charge in [-0.2, -0.15) is 0 Å². The van der Waals surface area contributed by atoms with Crippen molar-refractivity contribution in [3.8, 4) is 17.1 Å². The third kappa shape index (κ3) is 4.13. The average molecular weight is 309 g/mol. The minimum absolute atomic E-state index is 0.293. The van der Waals surface area contributed by atoms with Gasteiger partial charge in [0.05, 0.1) is 24.4 Å². The summed E-state index contributed by atoms with van der Waals surface area (Å²) in [7, 11) is 0. The van der Waals surface area contributed by atoms with E-state index in [-0.39, 0.29) is 0 Å². The molecule has 3 rings (SSSR count). The SMILES string of the molecule is O=C(NCCc1c[nH]cn1)Oc1cnc(-c2ccccc2)nc1. The van der Waals surface area contributed by atoms with Gasteiger partial charge in [-0.15, -0.1) is 0 Å². The van der Waals surface area contributed by atoms with Crippen LogP contribution in [0.3, 0.4) is 0 Å². The van der Waals surface area contributed by atoms with Crippen molar-refractivity contribution in [1.82, 2.24) is 25.3 Å². The van der Waals surface area contributed by atoms with Gasteiger partial charge in [0.2, 0.25) is 0 Å². The number of hydrogen-bond donors (Lipinski definition) is 2. The highest BCUT2D eigenvalue weighted by atomic mass is 16.6. The molecule has 7 nitrogen and oxygen atoms in total. The van der Waals surface area contributed by atoms with Crippen LogP contribution in [0.1, 0.15) is 5.69 Å². The molecule has 0 aliphatic heterocycles. The smallest absolute Gasteiger partial charge is 0.407 e. The standard InChI is InChI=1S/C16H15N5O2/c22-16(18-7-6-13-8-17-11-21-13)23-14-9-19-15(20-10-14)12-4-2-1-3-5-12/h1-5,8-11H,6-7H2,(H,17,21)(H,18,22). The Morgan fingerprint density at radius 2 is 1.91 bits per heavy atom. The van der Waals surface area contributed by atoms with Crippen LogP contribution in [0.25, 0.3) is 11.4 Å². The lowest BCUT2D eigenvalue weighted by atomic mass is 10.2. The number of H-pyrrole nitrogens is 1. The summed E-state index contributed by atoms with van der Waals surface area (Å²) in [6, 6.07) is 9.58. The summed E-state index contributed by atoms with van der Waals surface area (Å²) in [6.07, 6.45) is 6.41. The zero-order chi connectivity index (χ0) is 15.9. The Labute approximate surface area is 132 Å².